The summed E-state index contributed by atoms with van der Waals surface area (Å²) in [7, 11) is 1.71. The van der Waals surface area contributed by atoms with Crippen LogP contribution in [0, 0.1) is 5.41 Å². The summed E-state index contributed by atoms with van der Waals surface area (Å²) in [4.78, 5) is 0. The second-order valence-electron chi connectivity index (χ2n) is 5.30. The average molecular weight is 269 g/mol. The molecule has 2 rings (SSSR count). The molecule has 0 unspecified atom stereocenters. The van der Waals surface area contributed by atoms with Crippen molar-refractivity contribution in [1.82, 2.24) is 10.6 Å². The molecule has 1 fully saturated rings. The molecule has 4 heteroatoms. The lowest BCUT2D eigenvalue weighted by atomic mass is 9.83. The Labute approximate surface area is 114 Å². The molecule has 2 N–H and O–H groups in total. The third kappa shape index (κ3) is 3.37. The number of hydrogen-bond donors (Lipinski definition) is 2. The Morgan fingerprint density at radius 2 is 1.94 bits per heavy atom. The second kappa shape index (κ2) is 5.91. The predicted molar refractivity (Wildman–Crippen MR) is 75.6 cm³/mol. The van der Waals surface area contributed by atoms with Crippen molar-refractivity contribution < 1.29 is 4.74 Å². The maximum Gasteiger partial charge on any atom is 0.122 e. The number of methoxy groups -OCH3 is 1. The van der Waals surface area contributed by atoms with Crippen molar-refractivity contribution in [3.63, 3.8) is 0 Å². The van der Waals surface area contributed by atoms with Gasteiger partial charge in [0.2, 0.25) is 0 Å². The average Bonchev–Trinajstić information content (AvgIpc) is 2.54. The van der Waals surface area contributed by atoms with Crippen LogP contribution in [0.3, 0.4) is 0 Å². The highest BCUT2D eigenvalue weighted by atomic mass is 35.5. The van der Waals surface area contributed by atoms with Crippen LogP contribution in [0.1, 0.15) is 12.5 Å². The van der Waals surface area contributed by atoms with Gasteiger partial charge in [-0.1, -0.05) is 18.5 Å². The van der Waals surface area contributed by atoms with Crippen LogP contribution in [0.15, 0.2) is 18.2 Å². The van der Waals surface area contributed by atoms with Crippen LogP contribution >= 0.6 is 11.6 Å². The Hall–Kier alpha value is -0.770. The van der Waals surface area contributed by atoms with E-state index in [1.165, 1.54) is 5.56 Å². The number of ether oxygens (including phenoxy) is 1. The zero-order chi connectivity index (χ0) is 13.0. The Morgan fingerprint density at radius 3 is 2.56 bits per heavy atom. The lowest BCUT2D eigenvalue weighted by Crippen LogP contribution is -2.37. The van der Waals surface area contributed by atoms with E-state index in [1.54, 1.807) is 7.11 Å². The zero-order valence-corrected chi connectivity index (χ0v) is 11.8. The third-order valence-electron chi connectivity index (χ3n) is 3.44. The molecule has 1 aromatic rings. The topological polar surface area (TPSA) is 33.3 Å². The summed E-state index contributed by atoms with van der Waals surface area (Å²) in [6.07, 6.45) is 0.955. The van der Waals surface area contributed by atoms with Crippen LogP contribution in [0.25, 0.3) is 0 Å². The first-order valence-corrected chi connectivity index (χ1v) is 6.75. The quantitative estimate of drug-likeness (QED) is 0.881. The molecule has 1 aliphatic heterocycles. The highest BCUT2D eigenvalue weighted by Crippen LogP contribution is 2.30. The van der Waals surface area contributed by atoms with Crippen LogP contribution in [0.5, 0.6) is 5.75 Å². The van der Waals surface area contributed by atoms with E-state index in [2.05, 4.69) is 17.6 Å². The van der Waals surface area contributed by atoms with Gasteiger partial charge in [0, 0.05) is 31.2 Å². The Morgan fingerprint density at radius 1 is 1.28 bits per heavy atom. The molecule has 0 bridgehead atoms. The van der Waals surface area contributed by atoms with Gasteiger partial charge >= 0.3 is 0 Å². The summed E-state index contributed by atoms with van der Waals surface area (Å²) in [5.41, 5.74) is 1.37. The molecule has 1 heterocycles. The fraction of sp³-hybridized carbons (Fsp3) is 0.571. The fourth-order valence-electron chi connectivity index (χ4n) is 2.49. The number of halogens is 1. The molecule has 0 spiro atoms. The van der Waals surface area contributed by atoms with Crippen molar-refractivity contribution in [3.8, 4) is 5.75 Å². The molecule has 1 aromatic carbocycles. The van der Waals surface area contributed by atoms with E-state index in [9.17, 15) is 0 Å². The summed E-state index contributed by atoms with van der Waals surface area (Å²) in [6.45, 7) is 6.37. The third-order valence-corrected chi connectivity index (χ3v) is 3.68. The van der Waals surface area contributed by atoms with Gasteiger partial charge in [-0.25, -0.2) is 0 Å². The Balaban J connectivity index is 2.18. The first-order chi connectivity index (χ1) is 8.63. The summed E-state index contributed by atoms with van der Waals surface area (Å²) >= 11 is 6.08. The van der Waals surface area contributed by atoms with Gasteiger partial charge in [-0.3, -0.25) is 0 Å². The van der Waals surface area contributed by atoms with Crippen LogP contribution in [0.2, 0.25) is 5.02 Å². The standard InChI is InChI=1S/C14H21ClN2O/c1-14(9-16-5-6-17-10-14)8-11-7-12(15)3-4-13(11)18-2/h3-4,7,16-17H,5-6,8-10H2,1-2H3. The molecule has 0 radical (unpaired) electrons. The molecular weight excluding hydrogens is 248 g/mol. The summed E-state index contributed by atoms with van der Waals surface area (Å²) in [5.74, 6) is 0.921. The van der Waals surface area contributed by atoms with Crippen molar-refractivity contribution in [2.24, 2.45) is 5.41 Å². The lowest BCUT2D eigenvalue weighted by molar-refractivity contribution is 0.308. The normalized spacial score (nSPS) is 19.3. The van der Waals surface area contributed by atoms with E-state index in [0.717, 1.165) is 43.4 Å². The number of nitrogens with one attached hydrogen (secondary N) is 2. The van der Waals surface area contributed by atoms with Crippen molar-refractivity contribution in [1.29, 1.82) is 0 Å². The van der Waals surface area contributed by atoms with Crippen LogP contribution in [0.4, 0.5) is 0 Å². The van der Waals surface area contributed by atoms with Gasteiger partial charge < -0.3 is 15.4 Å². The van der Waals surface area contributed by atoms with Crippen molar-refractivity contribution in [3.05, 3.63) is 28.8 Å². The van der Waals surface area contributed by atoms with E-state index < -0.39 is 0 Å². The van der Waals surface area contributed by atoms with E-state index in [1.807, 2.05) is 18.2 Å². The second-order valence-corrected chi connectivity index (χ2v) is 5.73. The van der Waals surface area contributed by atoms with Gasteiger partial charge in [-0.2, -0.15) is 0 Å². The van der Waals surface area contributed by atoms with Crippen molar-refractivity contribution in [2.45, 2.75) is 13.3 Å². The first kappa shape index (κ1) is 13.7. The SMILES string of the molecule is COc1ccc(Cl)cc1CC1(C)CNCCNC1. The Bertz CT molecular complexity index is 401. The van der Waals surface area contributed by atoms with Gasteiger partial charge in [0.05, 0.1) is 7.11 Å². The van der Waals surface area contributed by atoms with Crippen LogP contribution in [-0.4, -0.2) is 33.3 Å². The van der Waals surface area contributed by atoms with Gasteiger partial charge in [-0.15, -0.1) is 0 Å². The largest absolute Gasteiger partial charge is 0.496 e. The number of hydrogen-bond acceptors (Lipinski definition) is 3. The monoisotopic (exact) mass is 268 g/mol. The molecule has 0 amide bonds. The van der Waals surface area contributed by atoms with Gasteiger partial charge in [0.15, 0.2) is 0 Å². The highest BCUT2D eigenvalue weighted by Gasteiger charge is 2.27. The molecule has 1 saturated heterocycles. The molecule has 18 heavy (non-hydrogen) atoms. The summed E-state index contributed by atoms with van der Waals surface area (Å²) in [5, 5.41) is 7.72. The first-order valence-electron chi connectivity index (χ1n) is 6.37. The molecule has 0 saturated carbocycles. The zero-order valence-electron chi connectivity index (χ0n) is 11.1. The highest BCUT2D eigenvalue weighted by molar-refractivity contribution is 6.30. The molecule has 1 aliphatic rings. The lowest BCUT2D eigenvalue weighted by Gasteiger charge is -2.28. The van der Waals surface area contributed by atoms with E-state index in [4.69, 9.17) is 16.3 Å². The van der Waals surface area contributed by atoms with E-state index >= 15 is 0 Å². The maximum absolute atomic E-state index is 6.08. The summed E-state index contributed by atoms with van der Waals surface area (Å²) in [6, 6.07) is 5.82. The smallest absolute Gasteiger partial charge is 0.122 e. The molecule has 0 aromatic heterocycles. The molecule has 0 aliphatic carbocycles. The fourth-order valence-corrected chi connectivity index (χ4v) is 2.68. The summed E-state index contributed by atoms with van der Waals surface area (Å²) < 4.78 is 5.42. The molecule has 3 nitrogen and oxygen atoms in total. The van der Waals surface area contributed by atoms with Crippen LogP contribution in [-0.2, 0) is 6.42 Å². The Kier molecular flexibility index (Phi) is 4.49. The minimum Gasteiger partial charge on any atom is -0.496 e. The molecular formula is C14H21ClN2O. The molecule has 100 valence electrons. The minimum atomic E-state index is 0.189. The number of benzene rings is 1. The van der Waals surface area contributed by atoms with Crippen molar-refractivity contribution in [2.75, 3.05) is 33.3 Å². The number of rotatable bonds is 3. The predicted octanol–water partition coefficient (Wildman–Crippen LogP) is 2.09. The minimum absolute atomic E-state index is 0.189. The molecule has 0 atom stereocenters. The van der Waals surface area contributed by atoms with Crippen molar-refractivity contribution >= 4 is 11.6 Å². The van der Waals surface area contributed by atoms with Gasteiger partial charge in [0.25, 0.3) is 0 Å². The van der Waals surface area contributed by atoms with E-state index in [0.29, 0.717) is 0 Å². The van der Waals surface area contributed by atoms with Crippen LogP contribution < -0.4 is 15.4 Å². The van der Waals surface area contributed by atoms with Gasteiger partial charge in [-0.05, 0) is 35.6 Å². The van der Waals surface area contributed by atoms with E-state index in [-0.39, 0.29) is 5.41 Å². The maximum atomic E-state index is 6.08. The van der Waals surface area contributed by atoms with Gasteiger partial charge in [0.1, 0.15) is 5.75 Å².